The maximum absolute atomic E-state index is 2.61. The van der Waals surface area contributed by atoms with Gasteiger partial charge in [-0.25, -0.2) is 0 Å². The summed E-state index contributed by atoms with van der Waals surface area (Å²) >= 11 is 0. The van der Waals surface area contributed by atoms with Crippen LogP contribution >= 0.6 is 0 Å². The number of hydrogen-bond acceptors (Lipinski definition) is 0. The third-order valence-electron chi connectivity index (χ3n) is 12.2. The van der Waals surface area contributed by atoms with Crippen LogP contribution in [-0.4, -0.2) is 0 Å². The summed E-state index contributed by atoms with van der Waals surface area (Å²) in [4.78, 5) is 0. The minimum Gasteiger partial charge on any atom is -0.0839 e. The number of hydrogen-bond donors (Lipinski definition) is 0. The molecule has 0 nitrogen and oxygen atoms in total. The van der Waals surface area contributed by atoms with E-state index in [0.717, 1.165) is 32.1 Å². The smallest absolute Gasteiger partial charge is 0.0102 e. The van der Waals surface area contributed by atoms with Crippen LogP contribution in [0.15, 0.2) is 119 Å². The SMILES string of the molecule is CCC(C)(C)C1=CC2C=CC3=CC=C(c4c5c(c(C6=CC7=C(C=CCC7)CC6)c6ccccc46)=CCCC=5)C4C=CC(=C1)C2C34. The first kappa shape index (κ1) is 27.4. The summed E-state index contributed by atoms with van der Waals surface area (Å²) in [6.45, 7) is 7.13. The lowest BCUT2D eigenvalue weighted by Crippen LogP contribution is -2.40. The highest BCUT2D eigenvalue weighted by Crippen LogP contribution is 2.55. The topological polar surface area (TPSA) is 0 Å². The van der Waals surface area contributed by atoms with E-state index >= 15 is 0 Å². The van der Waals surface area contributed by atoms with E-state index in [2.05, 4.69) is 124 Å². The van der Waals surface area contributed by atoms with Crippen molar-refractivity contribution >= 4 is 34.1 Å². The van der Waals surface area contributed by atoms with Crippen molar-refractivity contribution in [1.82, 2.24) is 0 Å². The highest BCUT2D eigenvalue weighted by molar-refractivity contribution is 6.02. The summed E-state index contributed by atoms with van der Waals surface area (Å²) in [6, 6.07) is 9.35. The first-order valence-corrected chi connectivity index (χ1v) is 17.6. The Bertz CT molecular complexity index is 2070. The van der Waals surface area contributed by atoms with Gasteiger partial charge in [-0.2, -0.15) is 0 Å². The number of benzene rings is 2. The molecule has 4 atom stereocenters. The number of allylic oxidation sites excluding steroid dienone is 18. The minimum atomic E-state index is 0.204. The lowest BCUT2D eigenvalue weighted by Gasteiger charge is -2.47. The molecule has 0 saturated carbocycles. The van der Waals surface area contributed by atoms with Crippen LogP contribution < -0.4 is 10.4 Å². The van der Waals surface area contributed by atoms with Crippen LogP contribution in [-0.2, 0) is 0 Å². The summed E-state index contributed by atoms with van der Waals surface area (Å²) in [7, 11) is 0. The molecule has 4 unspecified atom stereocenters. The lowest BCUT2D eigenvalue weighted by molar-refractivity contribution is 0.320. The van der Waals surface area contributed by atoms with Gasteiger partial charge in [-0.05, 0) is 122 Å². The van der Waals surface area contributed by atoms with Crippen LogP contribution in [0.1, 0.15) is 76.8 Å². The fraction of sp³-hybridized carbons (Fsp3) is 0.333. The Hall–Kier alpha value is -3.90. The van der Waals surface area contributed by atoms with E-state index in [9.17, 15) is 0 Å². The highest BCUT2D eigenvalue weighted by atomic mass is 14.5. The van der Waals surface area contributed by atoms with Crippen molar-refractivity contribution in [3.63, 3.8) is 0 Å². The Morgan fingerprint density at radius 1 is 0.733 bits per heavy atom. The van der Waals surface area contributed by atoms with Gasteiger partial charge in [-0.15, -0.1) is 0 Å². The molecule has 0 amide bonds. The quantitative estimate of drug-likeness (QED) is 0.335. The Morgan fingerprint density at radius 3 is 2.33 bits per heavy atom. The zero-order valence-corrected chi connectivity index (χ0v) is 27.1. The second kappa shape index (κ2) is 10.3. The molecule has 9 rings (SSSR count). The number of fused-ring (bicyclic) bond motifs is 2. The molecule has 0 aromatic heterocycles. The van der Waals surface area contributed by atoms with E-state index in [1.54, 1.807) is 16.7 Å². The lowest BCUT2D eigenvalue weighted by atomic mass is 9.56. The molecule has 0 fully saturated rings. The van der Waals surface area contributed by atoms with Crippen molar-refractivity contribution in [2.75, 3.05) is 0 Å². The predicted octanol–water partition coefficient (Wildman–Crippen LogP) is 10.2. The van der Waals surface area contributed by atoms with Crippen molar-refractivity contribution in [2.24, 2.45) is 29.1 Å². The zero-order valence-electron chi connectivity index (χ0n) is 27.1. The van der Waals surface area contributed by atoms with Gasteiger partial charge >= 0.3 is 0 Å². The van der Waals surface area contributed by atoms with Crippen molar-refractivity contribution in [3.8, 4) is 0 Å². The van der Waals surface area contributed by atoms with E-state index in [4.69, 9.17) is 0 Å². The molecule has 0 saturated heterocycles. The molecule has 45 heavy (non-hydrogen) atoms. The molecule has 7 aliphatic rings. The summed E-state index contributed by atoms with van der Waals surface area (Å²) in [5.41, 5.74) is 13.9. The Balaban J connectivity index is 1.24. The summed E-state index contributed by atoms with van der Waals surface area (Å²) in [6.07, 6.45) is 40.6. The monoisotopic (exact) mass is 584 g/mol. The summed E-state index contributed by atoms with van der Waals surface area (Å²) in [5.74, 6) is 1.87. The predicted molar refractivity (Wildman–Crippen MR) is 193 cm³/mol. The Morgan fingerprint density at radius 2 is 1.51 bits per heavy atom. The van der Waals surface area contributed by atoms with E-state index < -0.39 is 0 Å². The van der Waals surface area contributed by atoms with Crippen LogP contribution in [0.4, 0.5) is 0 Å². The van der Waals surface area contributed by atoms with Gasteiger partial charge < -0.3 is 0 Å². The maximum atomic E-state index is 2.61. The van der Waals surface area contributed by atoms with E-state index in [0.29, 0.717) is 23.7 Å². The Labute approximate surface area is 268 Å². The van der Waals surface area contributed by atoms with E-state index in [-0.39, 0.29) is 5.41 Å². The van der Waals surface area contributed by atoms with Crippen molar-refractivity contribution in [2.45, 2.75) is 65.7 Å². The van der Waals surface area contributed by atoms with Gasteiger partial charge in [-0.1, -0.05) is 124 Å². The van der Waals surface area contributed by atoms with Crippen LogP contribution in [0, 0.1) is 29.1 Å². The second-order valence-corrected chi connectivity index (χ2v) is 14.9. The second-order valence-electron chi connectivity index (χ2n) is 14.9. The molecule has 0 aliphatic heterocycles. The first-order valence-electron chi connectivity index (χ1n) is 17.6. The molecule has 224 valence electrons. The molecule has 0 bridgehead atoms. The van der Waals surface area contributed by atoms with Gasteiger partial charge in [0.15, 0.2) is 0 Å². The maximum Gasteiger partial charge on any atom is 0.0102 e. The van der Waals surface area contributed by atoms with Crippen LogP contribution in [0.25, 0.3) is 34.1 Å². The van der Waals surface area contributed by atoms with Crippen LogP contribution in [0.5, 0.6) is 0 Å². The van der Waals surface area contributed by atoms with Gasteiger partial charge in [0.2, 0.25) is 0 Å². The van der Waals surface area contributed by atoms with Crippen LogP contribution in [0.2, 0.25) is 0 Å². The molecule has 2 aromatic carbocycles. The molecular weight excluding hydrogens is 540 g/mol. The molecule has 0 N–H and O–H groups in total. The summed E-state index contributed by atoms with van der Waals surface area (Å²) < 4.78 is 0. The molecule has 0 heteroatoms. The molecule has 0 radical (unpaired) electrons. The molecule has 0 heterocycles. The van der Waals surface area contributed by atoms with Gasteiger partial charge in [0.05, 0.1) is 0 Å². The zero-order chi connectivity index (χ0) is 30.3. The van der Waals surface area contributed by atoms with E-state index in [1.807, 2.05) is 0 Å². The summed E-state index contributed by atoms with van der Waals surface area (Å²) in [5, 5.41) is 5.83. The average molecular weight is 585 g/mol. The first-order chi connectivity index (χ1) is 22.0. The normalized spacial score (nSPS) is 27.7. The van der Waals surface area contributed by atoms with Crippen molar-refractivity contribution in [3.05, 3.63) is 141 Å². The van der Waals surface area contributed by atoms with Crippen LogP contribution in [0.3, 0.4) is 0 Å². The van der Waals surface area contributed by atoms with Gasteiger partial charge in [0.1, 0.15) is 0 Å². The Kier molecular flexibility index (Phi) is 6.28. The molecule has 7 aliphatic carbocycles. The number of rotatable bonds is 4. The van der Waals surface area contributed by atoms with Gasteiger partial charge in [-0.3, -0.25) is 0 Å². The van der Waals surface area contributed by atoms with Gasteiger partial charge in [0, 0.05) is 23.7 Å². The minimum absolute atomic E-state index is 0.204. The third kappa shape index (κ3) is 4.17. The van der Waals surface area contributed by atoms with Crippen molar-refractivity contribution < 1.29 is 0 Å². The molecular formula is C45H44. The van der Waals surface area contributed by atoms with Gasteiger partial charge in [0.25, 0.3) is 0 Å². The largest absolute Gasteiger partial charge is 0.0839 e. The standard InChI is InChI=1S/C45H44/c1-4-45(2,3)34-26-32-20-18-29-21-23-40(39-24-22-33(27-34)41(32)43(29)39)44-37-15-9-7-13-35(37)42(36-14-8-10-16-38(36)44)31-19-17-28-11-5-6-12-30(28)25-31/h5,7,9,11,13-16,18,20-27,32,39,41,43H,4,6,8,10,12,17,19H2,1-3H3. The molecule has 2 aromatic rings. The van der Waals surface area contributed by atoms with Crippen molar-refractivity contribution in [1.29, 1.82) is 0 Å². The fourth-order valence-corrected chi connectivity index (χ4v) is 9.48. The fourth-order valence-electron chi connectivity index (χ4n) is 9.48. The average Bonchev–Trinajstić information content (AvgIpc) is 3.09. The highest BCUT2D eigenvalue weighted by Gasteiger charge is 2.45. The molecule has 0 spiro atoms. The third-order valence-corrected chi connectivity index (χ3v) is 12.2. The van der Waals surface area contributed by atoms with E-state index in [1.165, 1.54) is 67.5 Å².